The van der Waals surface area contributed by atoms with Gasteiger partial charge in [0, 0.05) is 6.61 Å². The average Bonchev–Trinajstić information content (AvgIpc) is 2.25. The number of aliphatic hydroxyl groups is 1. The summed E-state index contributed by atoms with van der Waals surface area (Å²) in [6.45, 7) is 6.63. The maximum atomic E-state index is 9.34. The Hall–Kier alpha value is -0.120. The molecule has 16 heavy (non-hydrogen) atoms. The Bertz CT molecular complexity index is 163. The highest BCUT2D eigenvalue weighted by molar-refractivity contribution is 4.71. The van der Waals surface area contributed by atoms with E-state index in [0.29, 0.717) is 25.2 Å². The normalized spacial score (nSPS) is 26.2. The van der Waals surface area contributed by atoms with Crippen LogP contribution in [0.15, 0.2) is 0 Å². The monoisotopic (exact) mass is 230 g/mol. The molecule has 1 aliphatic rings. The van der Waals surface area contributed by atoms with Crippen molar-refractivity contribution < 1.29 is 14.6 Å². The van der Waals surface area contributed by atoms with Gasteiger partial charge in [-0.3, -0.25) is 0 Å². The molecule has 1 N–H and O–H groups in total. The molecule has 1 rings (SSSR count). The fourth-order valence-electron chi connectivity index (χ4n) is 1.91. The summed E-state index contributed by atoms with van der Waals surface area (Å²) >= 11 is 0. The summed E-state index contributed by atoms with van der Waals surface area (Å²) in [5.74, 6) is 0.709. The third-order valence-corrected chi connectivity index (χ3v) is 3.06. The predicted octanol–water partition coefficient (Wildman–Crippen LogP) is 2.37. The molecule has 0 aliphatic heterocycles. The highest BCUT2D eigenvalue weighted by Crippen LogP contribution is 2.20. The molecule has 1 aliphatic carbocycles. The third kappa shape index (κ3) is 6.46. The van der Waals surface area contributed by atoms with E-state index in [9.17, 15) is 5.11 Å². The van der Waals surface area contributed by atoms with Crippen LogP contribution in [0.2, 0.25) is 0 Å². The van der Waals surface area contributed by atoms with Crippen molar-refractivity contribution in [3.63, 3.8) is 0 Å². The zero-order chi connectivity index (χ0) is 11.8. The summed E-state index contributed by atoms with van der Waals surface area (Å²) in [5, 5.41) is 9.34. The minimum atomic E-state index is -0.0952. The van der Waals surface area contributed by atoms with E-state index in [1.54, 1.807) is 0 Å². The summed E-state index contributed by atoms with van der Waals surface area (Å²) in [4.78, 5) is 0. The Morgan fingerprint density at radius 1 is 1.06 bits per heavy atom. The van der Waals surface area contributed by atoms with Crippen LogP contribution >= 0.6 is 0 Å². The number of aliphatic hydroxyl groups excluding tert-OH is 1. The Morgan fingerprint density at radius 2 is 1.75 bits per heavy atom. The molecule has 0 spiro atoms. The van der Waals surface area contributed by atoms with Gasteiger partial charge in [0.1, 0.15) is 0 Å². The van der Waals surface area contributed by atoms with Crippen LogP contribution in [-0.4, -0.2) is 37.1 Å². The zero-order valence-electron chi connectivity index (χ0n) is 10.7. The molecule has 1 fully saturated rings. The molecule has 0 bridgehead atoms. The second kappa shape index (κ2) is 8.04. The summed E-state index contributed by atoms with van der Waals surface area (Å²) in [5.41, 5.74) is 0. The van der Waals surface area contributed by atoms with Gasteiger partial charge in [0.05, 0.1) is 25.4 Å². The van der Waals surface area contributed by atoms with E-state index in [1.807, 2.05) is 0 Å². The van der Waals surface area contributed by atoms with Gasteiger partial charge in [-0.2, -0.15) is 0 Å². The molecule has 0 aromatic carbocycles. The lowest BCUT2D eigenvalue weighted by atomic mass is 9.95. The van der Waals surface area contributed by atoms with E-state index < -0.39 is 0 Å². The van der Waals surface area contributed by atoms with Crippen LogP contribution in [0, 0.1) is 5.92 Å². The van der Waals surface area contributed by atoms with Crippen LogP contribution in [0.25, 0.3) is 0 Å². The molecular formula is C13H26O3. The lowest BCUT2D eigenvalue weighted by Gasteiger charge is -2.25. The van der Waals surface area contributed by atoms with Crippen LogP contribution < -0.4 is 0 Å². The SMILES string of the molecule is CC(C)CCOCCOC1CCC(O)CC1. The molecule has 96 valence electrons. The average molecular weight is 230 g/mol. The lowest BCUT2D eigenvalue weighted by molar-refractivity contribution is -0.0292. The van der Waals surface area contributed by atoms with Gasteiger partial charge in [0.2, 0.25) is 0 Å². The van der Waals surface area contributed by atoms with Crippen molar-refractivity contribution in [3.05, 3.63) is 0 Å². The number of ether oxygens (including phenoxy) is 2. The second-order valence-electron chi connectivity index (χ2n) is 5.10. The molecule has 0 aromatic rings. The molecule has 0 aromatic heterocycles. The molecule has 1 saturated carbocycles. The predicted molar refractivity (Wildman–Crippen MR) is 64.5 cm³/mol. The molecular weight excluding hydrogens is 204 g/mol. The Labute approximate surface area is 99.1 Å². The number of hydrogen-bond donors (Lipinski definition) is 1. The van der Waals surface area contributed by atoms with E-state index in [2.05, 4.69) is 13.8 Å². The molecule has 0 heterocycles. The standard InChI is InChI=1S/C13H26O3/c1-11(2)7-8-15-9-10-16-13-5-3-12(14)4-6-13/h11-14H,3-10H2,1-2H3. The zero-order valence-corrected chi connectivity index (χ0v) is 10.7. The largest absolute Gasteiger partial charge is 0.393 e. The van der Waals surface area contributed by atoms with Crippen molar-refractivity contribution in [2.45, 2.75) is 58.2 Å². The maximum absolute atomic E-state index is 9.34. The molecule has 0 amide bonds. The summed E-state index contributed by atoms with van der Waals surface area (Å²) in [6, 6.07) is 0. The van der Waals surface area contributed by atoms with Crippen LogP contribution in [0.5, 0.6) is 0 Å². The molecule has 0 unspecified atom stereocenters. The first kappa shape index (κ1) is 13.9. The Morgan fingerprint density at radius 3 is 2.38 bits per heavy atom. The van der Waals surface area contributed by atoms with E-state index in [4.69, 9.17) is 9.47 Å². The summed E-state index contributed by atoms with van der Waals surface area (Å²) < 4.78 is 11.2. The minimum absolute atomic E-state index is 0.0952. The first-order valence-electron chi connectivity index (χ1n) is 6.56. The number of hydrogen-bond acceptors (Lipinski definition) is 3. The van der Waals surface area contributed by atoms with Crippen molar-refractivity contribution in [1.82, 2.24) is 0 Å². The van der Waals surface area contributed by atoms with E-state index >= 15 is 0 Å². The van der Waals surface area contributed by atoms with Crippen LogP contribution in [-0.2, 0) is 9.47 Å². The topological polar surface area (TPSA) is 38.7 Å². The van der Waals surface area contributed by atoms with Crippen LogP contribution in [0.4, 0.5) is 0 Å². The third-order valence-electron chi connectivity index (χ3n) is 3.06. The highest BCUT2D eigenvalue weighted by Gasteiger charge is 2.19. The van der Waals surface area contributed by atoms with E-state index in [1.165, 1.54) is 0 Å². The molecule has 0 atom stereocenters. The molecule has 3 nitrogen and oxygen atoms in total. The fourth-order valence-corrected chi connectivity index (χ4v) is 1.91. The van der Waals surface area contributed by atoms with Crippen molar-refractivity contribution in [3.8, 4) is 0 Å². The Balaban J connectivity index is 1.87. The van der Waals surface area contributed by atoms with Gasteiger partial charge in [-0.15, -0.1) is 0 Å². The van der Waals surface area contributed by atoms with Crippen molar-refractivity contribution in [2.75, 3.05) is 19.8 Å². The van der Waals surface area contributed by atoms with Gasteiger partial charge < -0.3 is 14.6 Å². The lowest BCUT2D eigenvalue weighted by Crippen LogP contribution is -2.25. The van der Waals surface area contributed by atoms with Gasteiger partial charge in [0.15, 0.2) is 0 Å². The quantitative estimate of drug-likeness (QED) is 0.682. The number of rotatable bonds is 7. The van der Waals surface area contributed by atoms with E-state index in [0.717, 1.165) is 38.7 Å². The summed E-state index contributed by atoms with van der Waals surface area (Å²) in [7, 11) is 0. The van der Waals surface area contributed by atoms with E-state index in [-0.39, 0.29) is 6.10 Å². The smallest absolute Gasteiger partial charge is 0.0704 e. The van der Waals surface area contributed by atoms with Gasteiger partial charge >= 0.3 is 0 Å². The van der Waals surface area contributed by atoms with Gasteiger partial charge in [-0.1, -0.05) is 13.8 Å². The van der Waals surface area contributed by atoms with Crippen molar-refractivity contribution >= 4 is 0 Å². The second-order valence-corrected chi connectivity index (χ2v) is 5.10. The van der Waals surface area contributed by atoms with Gasteiger partial charge in [-0.25, -0.2) is 0 Å². The van der Waals surface area contributed by atoms with Crippen LogP contribution in [0.1, 0.15) is 46.0 Å². The molecule has 3 heteroatoms. The van der Waals surface area contributed by atoms with Gasteiger partial charge in [-0.05, 0) is 38.0 Å². The van der Waals surface area contributed by atoms with Crippen molar-refractivity contribution in [1.29, 1.82) is 0 Å². The first-order chi connectivity index (χ1) is 7.68. The minimum Gasteiger partial charge on any atom is -0.393 e. The van der Waals surface area contributed by atoms with Crippen LogP contribution in [0.3, 0.4) is 0 Å². The highest BCUT2D eigenvalue weighted by atomic mass is 16.5. The summed E-state index contributed by atoms with van der Waals surface area (Å²) in [6.07, 6.45) is 5.13. The van der Waals surface area contributed by atoms with Crippen molar-refractivity contribution in [2.24, 2.45) is 5.92 Å². The molecule has 0 saturated heterocycles. The Kier molecular flexibility index (Phi) is 7.01. The first-order valence-corrected chi connectivity index (χ1v) is 6.56. The fraction of sp³-hybridized carbons (Fsp3) is 1.00. The van der Waals surface area contributed by atoms with Gasteiger partial charge in [0.25, 0.3) is 0 Å². The molecule has 0 radical (unpaired) electrons. The maximum Gasteiger partial charge on any atom is 0.0704 e.